The molecular formula is C18H17ClN2O4. The van der Waals surface area contributed by atoms with E-state index in [1.807, 2.05) is 12.1 Å². The Kier molecular flexibility index (Phi) is 4.72. The molecule has 6 nitrogen and oxygen atoms in total. The van der Waals surface area contributed by atoms with E-state index >= 15 is 0 Å². The van der Waals surface area contributed by atoms with E-state index in [4.69, 9.17) is 25.8 Å². The number of hydrogen-bond acceptors (Lipinski definition) is 5. The summed E-state index contributed by atoms with van der Waals surface area (Å²) in [4.78, 5) is 0.824. The zero-order chi connectivity index (χ0) is 18.0. The molecule has 0 aliphatic carbocycles. The van der Waals surface area contributed by atoms with Gasteiger partial charge < -0.3 is 19.4 Å². The highest BCUT2D eigenvalue weighted by Gasteiger charge is 2.20. The third-order valence-electron chi connectivity index (χ3n) is 3.84. The summed E-state index contributed by atoms with van der Waals surface area (Å²) in [5.74, 6) is 1.45. The van der Waals surface area contributed by atoms with Crippen molar-refractivity contribution in [3.05, 3.63) is 47.6 Å². The predicted octanol–water partition coefficient (Wildman–Crippen LogP) is 4.13. The van der Waals surface area contributed by atoms with Crippen LogP contribution in [0.3, 0.4) is 0 Å². The SMILES string of the molecule is COc1cc(-c2c(-c3ccc(Cl)cc3)cnn2O)cc(OC)c1OC. The number of aromatic nitrogens is 2. The average molecular weight is 361 g/mol. The van der Waals surface area contributed by atoms with E-state index < -0.39 is 0 Å². The summed E-state index contributed by atoms with van der Waals surface area (Å²) in [7, 11) is 4.62. The van der Waals surface area contributed by atoms with Crippen molar-refractivity contribution in [2.24, 2.45) is 0 Å². The number of rotatable bonds is 5. The van der Waals surface area contributed by atoms with Gasteiger partial charge in [-0.1, -0.05) is 23.7 Å². The van der Waals surface area contributed by atoms with Crippen molar-refractivity contribution in [1.29, 1.82) is 0 Å². The van der Waals surface area contributed by atoms with Crippen molar-refractivity contribution in [1.82, 2.24) is 9.94 Å². The molecular weight excluding hydrogens is 344 g/mol. The van der Waals surface area contributed by atoms with E-state index in [1.165, 1.54) is 21.3 Å². The zero-order valence-corrected chi connectivity index (χ0v) is 14.7. The van der Waals surface area contributed by atoms with Crippen LogP contribution >= 0.6 is 11.6 Å². The quantitative estimate of drug-likeness (QED) is 0.693. The third kappa shape index (κ3) is 3.08. The minimum atomic E-state index is 0.478. The van der Waals surface area contributed by atoms with Gasteiger partial charge in [-0.15, -0.1) is 9.94 Å². The molecule has 0 saturated heterocycles. The monoisotopic (exact) mass is 360 g/mol. The van der Waals surface area contributed by atoms with Gasteiger partial charge in [-0.2, -0.15) is 0 Å². The largest absolute Gasteiger partial charge is 0.493 e. The summed E-state index contributed by atoms with van der Waals surface area (Å²) >= 11 is 5.96. The molecule has 0 aliphatic heterocycles. The molecule has 0 bridgehead atoms. The number of halogens is 1. The summed E-state index contributed by atoms with van der Waals surface area (Å²) in [6.07, 6.45) is 1.59. The molecule has 0 aliphatic rings. The Bertz CT molecular complexity index is 866. The lowest BCUT2D eigenvalue weighted by Gasteiger charge is -2.14. The van der Waals surface area contributed by atoms with E-state index in [-0.39, 0.29) is 0 Å². The Morgan fingerprint density at radius 1 is 0.920 bits per heavy atom. The topological polar surface area (TPSA) is 65.7 Å². The van der Waals surface area contributed by atoms with Gasteiger partial charge in [0, 0.05) is 16.1 Å². The summed E-state index contributed by atoms with van der Waals surface area (Å²) < 4.78 is 16.1. The molecule has 1 N–H and O–H groups in total. The maximum atomic E-state index is 10.2. The highest BCUT2D eigenvalue weighted by molar-refractivity contribution is 6.30. The first-order valence-corrected chi connectivity index (χ1v) is 7.80. The van der Waals surface area contributed by atoms with Crippen LogP contribution in [0.15, 0.2) is 42.6 Å². The molecule has 25 heavy (non-hydrogen) atoms. The van der Waals surface area contributed by atoms with Gasteiger partial charge in [-0.25, -0.2) is 0 Å². The second-order valence-electron chi connectivity index (χ2n) is 5.22. The van der Waals surface area contributed by atoms with Crippen molar-refractivity contribution in [2.75, 3.05) is 21.3 Å². The van der Waals surface area contributed by atoms with Crippen LogP contribution in [0, 0.1) is 0 Å². The molecule has 130 valence electrons. The number of methoxy groups -OCH3 is 3. The number of nitrogens with zero attached hydrogens (tertiary/aromatic N) is 2. The molecule has 0 unspecified atom stereocenters. The first-order chi connectivity index (χ1) is 12.1. The Balaban J connectivity index is 2.20. The minimum Gasteiger partial charge on any atom is -0.493 e. The summed E-state index contributed by atoms with van der Waals surface area (Å²) in [5.41, 5.74) is 2.78. The molecule has 0 saturated carbocycles. The lowest BCUT2D eigenvalue weighted by atomic mass is 10.0. The van der Waals surface area contributed by atoms with Crippen LogP contribution in [-0.4, -0.2) is 36.5 Å². The first-order valence-electron chi connectivity index (χ1n) is 7.42. The van der Waals surface area contributed by atoms with Gasteiger partial charge in [0.1, 0.15) is 5.69 Å². The van der Waals surface area contributed by atoms with Crippen molar-refractivity contribution < 1.29 is 19.4 Å². The van der Waals surface area contributed by atoms with Crippen molar-refractivity contribution in [3.63, 3.8) is 0 Å². The zero-order valence-electron chi connectivity index (χ0n) is 14.0. The van der Waals surface area contributed by atoms with Crippen LogP contribution in [0.5, 0.6) is 17.2 Å². The Morgan fingerprint density at radius 2 is 1.52 bits per heavy atom. The van der Waals surface area contributed by atoms with Crippen LogP contribution in [0.4, 0.5) is 0 Å². The number of hydrogen-bond donors (Lipinski definition) is 1. The fourth-order valence-electron chi connectivity index (χ4n) is 2.67. The molecule has 0 spiro atoms. The van der Waals surface area contributed by atoms with Crippen LogP contribution in [0.1, 0.15) is 0 Å². The molecule has 1 aromatic heterocycles. The molecule has 7 heteroatoms. The fourth-order valence-corrected chi connectivity index (χ4v) is 2.79. The Hall–Kier alpha value is -2.86. The standard InChI is InChI=1S/C18H17ClN2O4/c1-23-15-8-12(9-16(24-2)18(15)25-3)17-14(10-20-21(17)22)11-4-6-13(19)7-5-11/h4-10,22H,1-3H3. The summed E-state index contributed by atoms with van der Waals surface area (Å²) in [6.45, 7) is 0. The van der Waals surface area contributed by atoms with Crippen molar-refractivity contribution in [2.45, 2.75) is 0 Å². The molecule has 0 atom stereocenters. The Labute approximate surface area is 150 Å². The lowest BCUT2D eigenvalue weighted by Crippen LogP contribution is -1.99. The highest BCUT2D eigenvalue weighted by Crippen LogP contribution is 2.43. The van der Waals surface area contributed by atoms with Gasteiger partial charge in [0.15, 0.2) is 11.5 Å². The summed E-state index contributed by atoms with van der Waals surface area (Å²) in [5, 5.41) is 14.8. The van der Waals surface area contributed by atoms with Crippen LogP contribution in [0.2, 0.25) is 5.02 Å². The van der Waals surface area contributed by atoms with Crippen LogP contribution in [-0.2, 0) is 0 Å². The van der Waals surface area contributed by atoms with Crippen molar-refractivity contribution >= 4 is 11.6 Å². The lowest BCUT2D eigenvalue weighted by molar-refractivity contribution is 0.153. The molecule has 0 radical (unpaired) electrons. The molecule has 1 heterocycles. The van der Waals surface area contributed by atoms with Gasteiger partial charge in [-0.3, -0.25) is 0 Å². The highest BCUT2D eigenvalue weighted by atomic mass is 35.5. The third-order valence-corrected chi connectivity index (χ3v) is 4.10. The van der Waals surface area contributed by atoms with E-state index in [2.05, 4.69) is 5.10 Å². The molecule has 0 amide bonds. The van der Waals surface area contributed by atoms with Gasteiger partial charge in [0.2, 0.25) is 5.75 Å². The summed E-state index contributed by atoms with van der Waals surface area (Å²) in [6, 6.07) is 10.8. The van der Waals surface area contributed by atoms with E-state index in [1.54, 1.807) is 30.5 Å². The van der Waals surface area contributed by atoms with Gasteiger partial charge in [0.05, 0.1) is 27.5 Å². The van der Waals surface area contributed by atoms with Gasteiger partial charge >= 0.3 is 0 Å². The van der Waals surface area contributed by atoms with Crippen LogP contribution < -0.4 is 14.2 Å². The normalized spacial score (nSPS) is 10.6. The first kappa shape index (κ1) is 17.0. The fraction of sp³-hybridized carbons (Fsp3) is 0.167. The smallest absolute Gasteiger partial charge is 0.203 e. The Morgan fingerprint density at radius 3 is 2.04 bits per heavy atom. The van der Waals surface area contributed by atoms with E-state index in [9.17, 15) is 5.21 Å². The van der Waals surface area contributed by atoms with E-state index in [0.717, 1.165) is 16.0 Å². The van der Waals surface area contributed by atoms with Gasteiger partial charge in [0.25, 0.3) is 0 Å². The maximum Gasteiger partial charge on any atom is 0.203 e. The molecule has 3 rings (SSSR count). The van der Waals surface area contributed by atoms with Crippen molar-refractivity contribution in [3.8, 4) is 39.6 Å². The molecule has 0 fully saturated rings. The molecule has 2 aromatic carbocycles. The number of ether oxygens (including phenoxy) is 3. The number of benzene rings is 2. The van der Waals surface area contributed by atoms with E-state index in [0.29, 0.717) is 33.5 Å². The van der Waals surface area contributed by atoms with Gasteiger partial charge in [-0.05, 0) is 29.8 Å². The molecule has 3 aromatic rings. The average Bonchev–Trinajstić information content (AvgIpc) is 3.02. The second-order valence-corrected chi connectivity index (χ2v) is 5.65. The minimum absolute atomic E-state index is 0.478. The second kappa shape index (κ2) is 6.94. The maximum absolute atomic E-state index is 10.2. The van der Waals surface area contributed by atoms with Crippen LogP contribution in [0.25, 0.3) is 22.4 Å². The predicted molar refractivity (Wildman–Crippen MR) is 94.9 cm³/mol.